The van der Waals surface area contributed by atoms with Gasteiger partial charge in [-0.25, -0.2) is 8.78 Å². The number of carbonyl (C=O) groups excluding carboxylic acids is 2. The van der Waals surface area contributed by atoms with Crippen LogP contribution in [-0.2, 0) is 16.1 Å². The molecule has 7 heteroatoms. The standard InChI is InChI=1S/C18H15ClF2N2O2/c1-11-15(21)3-2-4-16(11)23-8-7-22(17(24)18(23)25)10-12-5-6-13(20)9-14(12)19/h2-6,9H,7-8,10H2,1H3. The van der Waals surface area contributed by atoms with Crippen molar-refractivity contribution in [3.8, 4) is 0 Å². The lowest BCUT2D eigenvalue weighted by Gasteiger charge is -2.34. The topological polar surface area (TPSA) is 40.6 Å². The van der Waals surface area contributed by atoms with E-state index in [0.717, 1.165) is 6.07 Å². The van der Waals surface area contributed by atoms with Crippen molar-refractivity contribution in [1.82, 2.24) is 4.90 Å². The van der Waals surface area contributed by atoms with Gasteiger partial charge in [0.1, 0.15) is 11.6 Å². The van der Waals surface area contributed by atoms with Crippen molar-refractivity contribution in [3.05, 3.63) is 64.2 Å². The first kappa shape index (κ1) is 17.4. The van der Waals surface area contributed by atoms with Gasteiger partial charge in [0.2, 0.25) is 0 Å². The van der Waals surface area contributed by atoms with Gasteiger partial charge >= 0.3 is 11.8 Å². The Balaban J connectivity index is 1.80. The van der Waals surface area contributed by atoms with Crippen molar-refractivity contribution in [3.63, 3.8) is 0 Å². The summed E-state index contributed by atoms with van der Waals surface area (Å²) in [6.45, 7) is 2.19. The fraction of sp³-hybridized carbons (Fsp3) is 0.222. The Morgan fingerprint density at radius 1 is 1.08 bits per heavy atom. The lowest BCUT2D eigenvalue weighted by atomic mass is 10.1. The van der Waals surface area contributed by atoms with Gasteiger partial charge in [0.15, 0.2) is 0 Å². The van der Waals surface area contributed by atoms with E-state index in [1.54, 1.807) is 13.0 Å². The first-order valence-electron chi connectivity index (χ1n) is 7.68. The van der Waals surface area contributed by atoms with E-state index in [1.807, 2.05) is 0 Å². The molecule has 0 spiro atoms. The highest BCUT2D eigenvalue weighted by Gasteiger charge is 2.34. The average Bonchev–Trinajstić information content (AvgIpc) is 2.57. The highest BCUT2D eigenvalue weighted by Crippen LogP contribution is 2.26. The monoisotopic (exact) mass is 364 g/mol. The summed E-state index contributed by atoms with van der Waals surface area (Å²) in [4.78, 5) is 27.5. The van der Waals surface area contributed by atoms with Crippen molar-refractivity contribution in [2.75, 3.05) is 18.0 Å². The quantitative estimate of drug-likeness (QED) is 0.784. The lowest BCUT2D eigenvalue weighted by Crippen LogP contribution is -2.54. The molecular weight excluding hydrogens is 350 g/mol. The van der Waals surface area contributed by atoms with Gasteiger partial charge in [-0.1, -0.05) is 23.7 Å². The van der Waals surface area contributed by atoms with Crippen molar-refractivity contribution >= 4 is 29.1 Å². The van der Waals surface area contributed by atoms with Gasteiger partial charge in [0.25, 0.3) is 0 Å². The van der Waals surface area contributed by atoms with E-state index in [1.165, 1.54) is 34.1 Å². The van der Waals surface area contributed by atoms with E-state index in [-0.39, 0.29) is 24.7 Å². The molecule has 2 aromatic rings. The van der Waals surface area contributed by atoms with Crippen LogP contribution in [0.2, 0.25) is 5.02 Å². The molecule has 0 N–H and O–H groups in total. The number of anilines is 1. The van der Waals surface area contributed by atoms with Crippen molar-refractivity contribution in [2.45, 2.75) is 13.5 Å². The summed E-state index contributed by atoms with van der Waals surface area (Å²) in [5.41, 5.74) is 1.26. The molecule has 0 bridgehead atoms. The summed E-state index contributed by atoms with van der Waals surface area (Å²) in [5, 5.41) is 0.198. The number of rotatable bonds is 3. The van der Waals surface area contributed by atoms with Crippen molar-refractivity contribution in [1.29, 1.82) is 0 Å². The molecule has 2 aromatic carbocycles. The Morgan fingerprint density at radius 3 is 2.56 bits per heavy atom. The molecule has 0 radical (unpaired) electrons. The fourth-order valence-corrected chi connectivity index (χ4v) is 3.03. The molecule has 0 atom stereocenters. The highest BCUT2D eigenvalue weighted by molar-refractivity contribution is 6.41. The number of piperazine rings is 1. The maximum Gasteiger partial charge on any atom is 0.316 e. The number of carbonyl (C=O) groups is 2. The summed E-state index contributed by atoms with van der Waals surface area (Å²) in [7, 11) is 0. The predicted molar refractivity (Wildman–Crippen MR) is 90.3 cm³/mol. The number of nitrogens with zero attached hydrogens (tertiary/aromatic N) is 2. The zero-order valence-electron chi connectivity index (χ0n) is 13.4. The molecule has 0 aromatic heterocycles. The molecule has 1 heterocycles. The second-order valence-corrected chi connectivity index (χ2v) is 6.21. The first-order valence-corrected chi connectivity index (χ1v) is 8.06. The molecule has 25 heavy (non-hydrogen) atoms. The van der Waals surface area contributed by atoms with E-state index in [9.17, 15) is 18.4 Å². The normalized spacial score (nSPS) is 15.0. The molecule has 1 fully saturated rings. The minimum Gasteiger partial charge on any atom is -0.328 e. The smallest absolute Gasteiger partial charge is 0.316 e. The zero-order chi connectivity index (χ0) is 18.1. The fourth-order valence-electron chi connectivity index (χ4n) is 2.80. The van der Waals surface area contributed by atoms with Crippen molar-refractivity contribution < 1.29 is 18.4 Å². The van der Waals surface area contributed by atoms with Crippen LogP contribution < -0.4 is 4.90 Å². The van der Waals surface area contributed by atoms with Crippen LogP contribution in [0.3, 0.4) is 0 Å². The van der Waals surface area contributed by atoms with Crippen LogP contribution in [0.1, 0.15) is 11.1 Å². The van der Waals surface area contributed by atoms with Crippen LogP contribution in [0.4, 0.5) is 14.5 Å². The Hall–Kier alpha value is -2.47. The summed E-state index contributed by atoms with van der Waals surface area (Å²) in [5.74, 6) is -2.32. The van der Waals surface area contributed by atoms with Gasteiger partial charge in [-0.05, 0) is 36.8 Å². The molecule has 1 saturated heterocycles. The van der Waals surface area contributed by atoms with Gasteiger partial charge in [0, 0.05) is 30.2 Å². The number of halogens is 3. The molecule has 1 aliphatic rings. The van der Waals surface area contributed by atoms with Crippen molar-refractivity contribution in [2.24, 2.45) is 0 Å². The summed E-state index contributed by atoms with van der Waals surface area (Å²) >= 11 is 5.98. The molecule has 2 amide bonds. The molecule has 130 valence electrons. The third-order valence-corrected chi connectivity index (χ3v) is 4.57. The Bertz CT molecular complexity index is 857. The molecule has 0 saturated carbocycles. The average molecular weight is 365 g/mol. The SMILES string of the molecule is Cc1c(F)cccc1N1CCN(Cc2ccc(F)cc2Cl)C(=O)C1=O. The number of hydrogen-bond donors (Lipinski definition) is 0. The van der Waals surface area contributed by atoms with Crippen LogP contribution in [0.15, 0.2) is 36.4 Å². The third kappa shape index (κ3) is 3.35. The van der Waals surface area contributed by atoms with Crippen LogP contribution in [0.25, 0.3) is 0 Å². The van der Waals surface area contributed by atoms with Crippen LogP contribution in [0, 0.1) is 18.6 Å². The second-order valence-electron chi connectivity index (χ2n) is 5.80. The Kier molecular flexibility index (Phi) is 4.72. The minimum atomic E-state index is -0.724. The highest BCUT2D eigenvalue weighted by atomic mass is 35.5. The third-order valence-electron chi connectivity index (χ3n) is 4.22. The number of benzene rings is 2. The number of amides is 2. The van der Waals surface area contributed by atoms with Gasteiger partial charge in [-0.3, -0.25) is 9.59 Å². The summed E-state index contributed by atoms with van der Waals surface area (Å²) in [6, 6.07) is 8.31. The molecule has 1 aliphatic heterocycles. The maximum absolute atomic E-state index is 13.7. The van der Waals surface area contributed by atoms with E-state index in [4.69, 9.17) is 11.6 Å². The molecule has 0 unspecified atom stereocenters. The van der Waals surface area contributed by atoms with E-state index in [0.29, 0.717) is 16.8 Å². The van der Waals surface area contributed by atoms with Gasteiger partial charge < -0.3 is 9.80 Å². The predicted octanol–water partition coefficient (Wildman–Crippen LogP) is 3.30. The molecule has 3 rings (SSSR count). The minimum absolute atomic E-state index is 0.111. The maximum atomic E-state index is 13.7. The summed E-state index contributed by atoms with van der Waals surface area (Å²) in [6.07, 6.45) is 0. The van der Waals surface area contributed by atoms with E-state index in [2.05, 4.69) is 0 Å². The largest absolute Gasteiger partial charge is 0.328 e. The molecular formula is C18H15ClF2N2O2. The van der Waals surface area contributed by atoms with Gasteiger partial charge in [-0.15, -0.1) is 0 Å². The number of hydrogen-bond acceptors (Lipinski definition) is 2. The molecule has 4 nitrogen and oxygen atoms in total. The van der Waals surface area contributed by atoms with E-state index >= 15 is 0 Å². The van der Waals surface area contributed by atoms with Gasteiger partial charge in [0.05, 0.1) is 5.69 Å². The molecule has 0 aliphatic carbocycles. The van der Waals surface area contributed by atoms with Crippen LogP contribution in [-0.4, -0.2) is 29.8 Å². The van der Waals surface area contributed by atoms with E-state index < -0.39 is 23.4 Å². The van der Waals surface area contributed by atoms with Crippen LogP contribution >= 0.6 is 11.6 Å². The van der Waals surface area contributed by atoms with Gasteiger partial charge in [-0.2, -0.15) is 0 Å². The second kappa shape index (κ2) is 6.80. The zero-order valence-corrected chi connectivity index (χ0v) is 14.2. The summed E-state index contributed by atoms with van der Waals surface area (Å²) < 4.78 is 26.8. The van der Waals surface area contributed by atoms with Crippen LogP contribution in [0.5, 0.6) is 0 Å². The Labute approximate surface area is 148 Å². The first-order chi connectivity index (χ1) is 11.9. The Morgan fingerprint density at radius 2 is 1.84 bits per heavy atom. The lowest BCUT2D eigenvalue weighted by molar-refractivity contribution is -0.146.